The molecule has 3 aromatic rings. The summed E-state index contributed by atoms with van der Waals surface area (Å²) >= 11 is 6.15. The van der Waals surface area contributed by atoms with Crippen LogP contribution < -0.4 is 21.4 Å². The summed E-state index contributed by atoms with van der Waals surface area (Å²) in [5.74, 6) is -0.521. The predicted molar refractivity (Wildman–Crippen MR) is 132 cm³/mol. The molecule has 0 saturated heterocycles. The molecule has 1 atom stereocenters. The standard InChI is InChI=1S/C22H23ClN8O4S/c1-12-18(24)16(19(26-2)13-8-14(23)10-15(9-13)36(25,34)35)5-7-30(12)22(33)20-28-11-31(29-20)17-4-3-6-27-21(17)32/h3-4,6,8-12H,5,7,24H2,1-2H3,(H,27,32)(H2,25,34,35)/p+1/t12-/m1/s1. The average molecular weight is 532 g/mol. The van der Waals surface area contributed by atoms with Crippen LogP contribution in [0.15, 0.2) is 63.8 Å². The van der Waals surface area contributed by atoms with Gasteiger partial charge in [0, 0.05) is 34.6 Å². The molecule has 3 heterocycles. The Morgan fingerprint density at radius 1 is 1.31 bits per heavy atom. The van der Waals surface area contributed by atoms with Gasteiger partial charge in [-0.1, -0.05) is 11.6 Å². The smallest absolute Gasteiger partial charge is 0.294 e. The number of aromatic nitrogens is 4. The topological polar surface area (TPSA) is 184 Å². The van der Waals surface area contributed by atoms with Gasteiger partial charge in [0.05, 0.1) is 10.9 Å². The molecule has 14 heteroatoms. The van der Waals surface area contributed by atoms with E-state index in [1.807, 2.05) is 0 Å². The lowest BCUT2D eigenvalue weighted by molar-refractivity contribution is -0.418. The van der Waals surface area contributed by atoms with Crippen LogP contribution in [0.1, 0.15) is 29.5 Å². The van der Waals surface area contributed by atoms with Crippen LogP contribution in [0.4, 0.5) is 0 Å². The highest BCUT2D eigenvalue weighted by Gasteiger charge is 2.34. The van der Waals surface area contributed by atoms with Gasteiger partial charge in [-0.3, -0.25) is 9.59 Å². The number of pyridine rings is 1. The Kier molecular flexibility index (Phi) is 6.80. The number of hydrogen-bond donors (Lipinski definition) is 4. The van der Waals surface area contributed by atoms with Crippen molar-refractivity contribution in [3.63, 3.8) is 0 Å². The van der Waals surface area contributed by atoms with Crippen molar-refractivity contribution in [1.29, 1.82) is 0 Å². The number of nitrogens with one attached hydrogen (secondary N) is 2. The molecule has 0 aliphatic carbocycles. The van der Waals surface area contributed by atoms with E-state index in [2.05, 4.69) is 20.1 Å². The summed E-state index contributed by atoms with van der Waals surface area (Å²) in [6.07, 6.45) is 3.16. The Bertz CT molecular complexity index is 1570. The highest BCUT2D eigenvalue weighted by atomic mass is 35.5. The van der Waals surface area contributed by atoms with Gasteiger partial charge in [-0.25, -0.2) is 28.2 Å². The van der Waals surface area contributed by atoms with Crippen molar-refractivity contribution < 1.29 is 18.2 Å². The summed E-state index contributed by atoms with van der Waals surface area (Å²) in [5, 5.41) is 9.66. The van der Waals surface area contributed by atoms with E-state index in [1.54, 1.807) is 32.2 Å². The van der Waals surface area contributed by atoms with Crippen LogP contribution in [-0.4, -0.2) is 64.3 Å². The molecule has 1 aromatic carbocycles. The molecule has 1 aliphatic rings. The second-order valence-electron chi connectivity index (χ2n) is 8.10. The van der Waals surface area contributed by atoms with Crippen LogP contribution in [0.5, 0.6) is 0 Å². The number of benzene rings is 1. The van der Waals surface area contributed by atoms with Gasteiger partial charge in [0.25, 0.3) is 11.5 Å². The number of carbonyl (C=O) groups excluding carboxylic acids is 1. The first-order chi connectivity index (χ1) is 17.0. The number of primary sulfonamides is 1. The summed E-state index contributed by atoms with van der Waals surface area (Å²) in [6.45, 7) is 2.07. The molecular formula is C22H24ClN8O4S+. The van der Waals surface area contributed by atoms with E-state index in [1.165, 1.54) is 34.2 Å². The zero-order valence-corrected chi connectivity index (χ0v) is 21.0. The Morgan fingerprint density at radius 2 is 2.06 bits per heavy atom. The molecule has 1 aliphatic heterocycles. The number of amides is 1. The fourth-order valence-corrected chi connectivity index (χ4v) is 4.96. The number of nitrogens with zero attached hydrogens (tertiary/aromatic N) is 4. The van der Waals surface area contributed by atoms with Gasteiger partial charge in [0.1, 0.15) is 19.1 Å². The van der Waals surface area contributed by atoms with Crippen LogP contribution in [0, 0.1) is 0 Å². The summed E-state index contributed by atoms with van der Waals surface area (Å²) in [6, 6.07) is 6.97. The minimum absolute atomic E-state index is 0.0770. The number of halogens is 1. The maximum Gasteiger partial charge on any atom is 0.294 e. The van der Waals surface area contributed by atoms with Gasteiger partial charge in [-0.2, -0.15) is 0 Å². The third-order valence-electron chi connectivity index (χ3n) is 5.90. The van der Waals surface area contributed by atoms with Crippen molar-refractivity contribution in [3.05, 3.63) is 80.9 Å². The molecule has 0 fully saturated rings. The molecule has 1 amide bonds. The van der Waals surface area contributed by atoms with Crippen molar-refractivity contribution in [2.24, 2.45) is 10.9 Å². The monoisotopic (exact) mass is 531 g/mol. The lowest BCUT2D eigenvalue weighted by Gasteiger charge is -2.34. The first kappa shape index (κ1) is 25.3. The van der Waals surface area contributed by atoms with Crippen LogP contribution in [-0.2, 0) is 10.0 Å². The van der Waals surface area contributed by atoms with E-state index in [-0.39, 0.29) is 27.0 Å². The van der Waals surface area contributed by atoms with Crippen molar-refractivity contribution in [1.82, 2.24) is 24.6 Å². The van der Waals surface area contributed by atoms with E-state index < -0.39 is 22.0 Å². The van der Waals surface area contributed by atoms with Gasteiger partial charge >= 0.3 is 0 Å². The van der Waals surface area contributed by atoms with E-state index in [0.717, 1.165) is 0 Å². The molecule has 4 rings (SSSR count). The number of hydrogen-bond acceptors (Lipinski definition) is 7. The normalized spacial score (nSPS) is 16.9. The molecule has 0 saturated carbocycles. The fourth-order valence-electron chi connectivity index (χ4n) is 4.08. The zero-order valence-electron chi connectivity index (χ0n) is 19.4. The Balaban J connectivity index is 1.63. The van der Waals surface area contributed by atoms with Gasteiger partial charge in [0.15, 0.2) is 0 Å². The highest BCUT2D eigenvalue weighted by Crippen LogP contribution is 2.26. The van der Waals surface area contributed by atoms with Crippen LogP contribution in [0.2, 0.25) is 5.02 Å². The largest absolute Gasteiger partial charge is 0.400 e. The second-order valence-corrected chi connectivity index (χ2v) is 10.1. The quantitative estimate of drug-likeness (QED) is 0.301. The molecule has 36 heavy (non-hydrogen) atoms. The highest BCUT2D eigenvalue weighted by molar-refractivity contribution is 7.89. The second kappa shape index (κ2) is 9.68. The number of rotatable bonds is 5. The van der Waals surface area contributed by atoms with E-state index in [9.17, 15) is 18.0 Å². The molecule has 6 N–H and O–H groups in total. The maximum atomic E-state index is 13.2. The number of sulfonamides is 1. The lowest BCUT2D eigenvalue weighted by atomic mass is 9.92. The summed E-state index contributed by atoms with van der Waals surface area (Å²) in [4.78, 5) is 36.3. The van der Waals surface area contributed by atoms with Crippen LogP contribution in [0.25, 0.3) is 5.69 Å². The Morgan fingerprint density at radius 3 is 2.72 bits per heavy atom. The Hall–Kier alpha value is -3.81. The van der Waals surface area contributed by atoms with Gasteiger partial charge in [-0.15, -0.1) is 5.10 Å². The number of nitrogens with two attached hydrogens (primary N) is 2. The van der Waals surface area contributed by atoms with Gasteiger partial charge in [-0.05, 0) is 43.7 Å². The first-order valence-corrected chi connectivity index (χ1v) is 12.7. The SMILES string of the molecule is C[NH+]=C(C1=C(N)[C@@H](C)N(C(=O)c2ncn(-c3ccc[nH]c3=O)n2)CC1)c1cc(Cl)cc(S(N)(=O)=O)c1. The molecule has 2 aromatic heterocycles. The maximum absolute atomic E-state index is 13.2. The summed E-state index contributed by atoms with van der Waals surface area (Å²) in [7, 11) is -2.30. The number of H-pyrrole nitrogens is 1. The van der Waals surface area contributed by atoms with Crippen LogP contribution >= 0.6 is 11.6 Å². The first-order valence-electron chi connectivity index (χ1n) is 10.8. The third kappa shape index (κ3) is 4.80. The van der Waals surface area contributed by atoms with Crippen molar-refractivity contribution in [2.45, 2.75) is 24.3 Å². The average Bonchev–Trinajstić information content (AvgIpc) is 3.31. The summed E-state index contributed by atoms with van der Waals surface area (Å²) < 4.78 is 25.0. The molecule has 12 nitrogen and oxygen atoms in total. The molecule has 0 radical (unpaired) electrons. The van der Waals surface area contributed by atoms with Gasteiger partial charge < -0.3 is 15.6 Å². The molecule has 0 spiro atoms. The fraction of sp³-hybridized carbons (Fsp3) is 0.227. The van der Waals surface area contributed by atoms with Crippen molar-refractivity contribution in [3.8, 4) is 5.69 Å². The van der Waals surface area contributed by atoms with E-state index in [0.29, 0.717) is 35.5 Å². The van der Waals surface area contributed by atoms with Crippen molar-refractivity contribution in [2.75, 3.05) is 13.6 Å². The zero-order chi connectivity index (χ0) is 26.2. The van der Waals surface area contributed by atoms with Crippen molar-refractivity contribution >= 4 is 33.2 Å². The number of carbonyl (C=O) groups is 1. The minimum Gasteiger partial charge on any atom is -0.400 e. The molecular weight excluding hydrogens is 508 g/mol. The Labute approximate surface area is 211 Å². The number of aromatic amines is 1. The van der Waals surface area contributed by atoms with E-state index in [4.69, 9.17) is 22.5 Å². The molecule has 0 bridgehead atoms. The van der Waals surface area contributed by atoms with Crippen LogP contribution in [0.3, 0.4) is 0 Å². The predicted octanol–water partition coefficient (Wildman–Crippen LogP) is -1.10. The third-order valence-corrected chi connectivity index (χ3v) is 7.01. The van der Waals surface area contributed by atoms with E-state index >= 15 is 0 Å². The summed E-state index contributed by atoms with van der Waals surface area (Å²) in [5.41, 5.74) is 8.53. The minimum atomic E-state index is -3.98. The molecule has 0 unspecified atom stereocenters. The molecule has 188 valence electrons. The lowest BCUT2D eigenvalue weighted by Crippen LogP contribution is -2.69. The van der Waals surface area contributed by atoms with Gasteiger partial charge in [0.2, 0.25) is 21.6 Å².